The van der Waals surface area contributed by atoms with E-state index in [9.17, 15) is 9.59 Å². The summed E-state index contributed by atoms with van der Waals surface area (Å²) in [7, 11) is 4.15. The molecule has 7 heteroatoms. The van der Waals surface area contributed by atoms with E-state index < -0.39 is 11.9 Å². The van der Waals surface area contributed by atoms with Gasteiger partial charge >= 0.3 is 11.9 Å². The first-order valence-electron chi connectivity index (χ1n) is 9.45. The summed E-state index contributed by atoms with van der Waals surface area (Å²) < 4.78 is 11.8. The van der Waals surface area contributed by atoms with Gasteiger partial charge in [0.15, 0.2) is 11.5 Å². The van der Waals surface area contributed by atoms with Gasteiger partial charge in [0.2, 0.25) is 0 Å². The Hall–Kier alpha value is -3.32. The smallest absolute Gasteiger partial charge is 0.328 e. The summed E-state index contributed by atoms with van der Waals surface area (Å²) in [6.07, 6.45) is 1.12. The normalized spacial score (nSPS) is 11.5. The molecule has 2 aromatic carbocycles. The van der Waals surface area contributed by atoms with Gasteiger partial charge in [-0.15, -0.1) is 0 Å². The van der Waals surface area contributed by atoms with E-state index >= 15 is 0 Å². The highest BCUT2D eigenvalue weighted by molar-refractivity contribution is 5.89. The third kappa shape index (κ3) is 11.5. The summed E-state index contributed by atoms with van der Waals surface area (Å²) in [4.78, 5) is 21.3. The van der Waals surface area contributed by atoms with Crippen LogP contribution < -0.4 is 9.47 Å². The van der Waals surface area contributed by atoms with Gasteiger partial charge in [-0.25, -0.2) is 9.59 Å². The highest BCUT2D eigenvalue weighted by Crippen LogP contribution is 2.27. The van der Waals surface area contributed by atoms with E-state index in [-0.39, 0.29) is 0 Å². The SMILES string of the molecule is CC(COc1ccccc1OCc1ccccc1)CN(C)C.O=C(O)/C=C\C(=O)O. The fraction of sp³-hybridized carbons (Fsp3) is 0.304. The van der Waals surface area contributed by atoms with Crippen LogP contribution in [0.3, 0.4) is 0 Å². The van der Waals surface area contributed by atoms with E-state index in [1.165, 1.54) is 0 Å². The molecule has 0 amide bonds. The molecule has 0 fully saturated rings. The van der Waals surface area contributed by atoms with E-state index in [0.29, 0.717) is 31.3 Å². The van der Waals surface area contributed by atoms with Gasteiger partial charge in [-0.05, 0) is 31.8 Å². The fourth-order valence-electron chi connectivity index (χ4n) is 2.47. The van der Waals surface area contributed by atoms with Gasteiger partial charge in [0.25, 0.3) is 0 Å². The standard InChI is InChI=1S/C19H25NO2.C4H4O4/c1-16(13-20(2)3)14-21-18-11-7-8-12-19(18)22-15-17-9-5-4-6-10-17;5-3(6)1-2-4(7)8/h4-12,16H,13-15H2,1-3H3;1-2H,(H,5,6)(H,7,8)/b;2-1-. The van der Waals surface area contributed by atoms with E-state index in [2.05, 4.69) is 38.1 Å². The summed E-state index contributed by atoms with van der Waals surface area (Å²) in [5.74, 6) is -0.440. The van der Waals surface area contributed by atoms with Crippen LogP contribution >= 0.6 is 0 Å². The zero-order chi connectivity index (χ0) is 22.4. The first-order valence-corrected chi connectivity index (χ1v) is 9.45. The quantitative estimate of drug-likeness (QED) is 0.573. The number of rotatable bonds is 10. The maximum atomic E-state index is 9.55. The molecular weight excluding hydrogens is 386 g/mol. The molecule has 0 aliphatic carbocycles. The molecule has 0 aliphatic heterocycles. The molecule has 0 heterocycles. The third-order valence-corrected chi connectivity index (χ3v) is 3.65. The largest absolute Gasteiger partial charge is 0.489 e. The van der Waals surface area contributed by atoms with Gasteiger partial charge in [0, 0.05) is 24.6 Å². The number of carboxylic acids is 2. The van der Waals surface area contributed by atoms with Crippen molar-refractivity contribution in [2.75, 3.05) is 27.2 Å². The Morgan fingerprint density at radius 1 is 0.900 bits per heavy atom. The van der Waals surface area contributed by atoms with Crippen molar-refractivity contribution in [2.24, 2.45) is 5.92 Å². The summed E-state index contributed by atoms with van der Waals surface area (Å²) >= 11 is 0. The topological polar surface area (TPSA) is 96.3 Å². The van der Waals surface area contributed by atoms with Gasteiger partial charge in [-0.1, -0.05) is 49.4 Å². The molecular formula is C23H29NO6. The number of hydrogen-bond donors (Lipinski definition) is 2. The molecule has 162 valence electrons. The molecule has 1 atom stereocenters. The van der Waals surface area contributed by atoms with Crippen molar-refractivity contribution in [1.29, 1.82) is 0 Å². The number of carboxylic acid groups (broad SMARTS) is 2. The number of nitrogens with zero attached hydrogens (tertiary/aromatic N) is 1. The first-order chi connectivity index (χ1) is 14.3. The van der Waals surface area contributed by atoms with Crippen molar-refractivity contribution in [2.45, 2.75) is 13.5 Å². The Kier molecular flexibility index (Phi) is 11.4. The van der Waals surface area contributed by atoms with Crippen LogP contribution in [0.1, 0.15) is 12.5 Å². The number of carbonyl (C=O) groups is 2. The maximum absolute atomic E-state index is 9.55. The van der Waals surface area contributed by atoms with Crippen molar-refractivity contribution in [3.05, 3.63) is 72.3 Å². The number of ether oxygens (including phenoxy) is 2. The summed E-state index contributed by atoms with van der Waals surface area (Å²) in [6.45, 7) is 4.43. The van der Waals surface area contributed by atoms with Crippen LogP contribution in [-0.2, 0) is 16.2 Å². The molecule has 0 bridgehead atoms. The zero-order valence-electron chi connectivity index (χ0n) is 17.5. The number of aliphatic carboxylic acids is 2. The Balaban J connectivity index is 0.000000479. The molecule has 0 aliphatic rings. The van der Waals surface area contributed by atoms with Crippen LogP contribution in [-0.4, -0.2) is 54.3 Å². The molecule has 2 N–H and O–H groups in total. The lowest BCUT2D eigenvalue weighted by atomic mass is 10.2. The van der Waals surface area contributed by atoms with Gasteiger partial charge in [0.05, 0.1) is 6.61 Å². The van der Waals surface area contributed by atoms with Crippen LogP contribution in [0.2, 0.25) is 0 Å². The van der Waals surface area contributed by atoms with Gasteiger partial charge in [-0.3, -0.25) is 0 Å². The molecule has 30 heavy (non-hydrogen) atoms. The van der Waals surface area contributed by atoms with Crippen molar-refractivity contribution < 1.29 is 29.3 Å². The maximum Gasteiger partial charge on any atom is 0.328 e. The second-order valence-electron chi connectivity index (χ2n) is 6.91. The predicted octanol–water partition coefficient (Wildman–Crippen LogP) is 3.55. The Labute approximate surface area is 177 Å². The third-order valence-electron chi connectivity index (χ3n) is 3.65. The highest BCUT2D eigenvalue weighted by atomic mass is 16.5. The molecule has 0 aromatic heterocycles. The van der Waals surface area contributed by atoms with Crippen molar-refractivity contribution in [3.8, 4) is 11.5 Å². The summed E-state index contributed by atoms with van der Waals surface area (Å²) in [6, 6.07) is 18.0. The van der Waals surface area contributed by atoms with Crippen molar-refractivity contribution >= 4 is 11.9 Å². The Morgan fingerprint density at radius 2 is 1.40 bits per heavy atom. The number of hydrogen-bond acceptors (Lipinski definition) is 5. The molecule has 0 spiro atoms. The monoisotopic (exact) mass is 415 g/mol. The Bertz CT molecular complexity index is 788. The molecule has 7 nitrogen and oxygen atoms in total. The molecule has 2 rings (SSSR count). The van der Waals surface area contributed by atoms with Crippen LogP contribution in [0.5, 0.6) is 11.5 Å². The number of para-hydroxylation sites is 2. The summed E-state index contributed by atoms with van der Waals surface area (Å²) in [5, 5.41) is 15.6. The van der Waals surface area contributed by atoms with Crippen LogP contribution in [0.4, 0.5) is 0 Å². The lowest BCUT2D eigenvalue weighted by molar-refractivity contribution is -0.134. The van der Waals surface area contributed by atoms with E-state index in [0.717, 1.165) is 23.6 Å². The zero-order valence-corrected chi connectivity index (χ0v) is 17.5. The lowest BCUT2D eigenvalue weighted by Crippen LogP contribution is -2.24. The minimum Gasteiger partial charge on any atom is -0.489 e. The molecule has 0 saturated heterocycles. The summed E-state index contributed by atoms with van der Waals surface area (Å²) in [5.41, 5.74) is 1.15. The van der Waals surface area contributed by atoms with E-state index in [1.807, 2.05) is 42.5 Å². The minimum absolute atomic E-state index is 0.470. The molecule has 1 unspecified atom stereocenters. The predicted molar refractivity (Wildman–Crippen MR) is 115 cm³/mol. The minimum atomic E-state index is -1.26. The molecule has 0 saturated carbocycles. The second-order valence-corrected chi connectivity index (χ2v) is 6.91. The van der Waals surface area contributed by atoms with Gasteiger partial charge in [-0.2, -0.15) is 0 Å². The molecule has 0 radical (unpaired) electrons. The van der Waals surface area contributed by atoms with Gasteiger partial charge < -0.3 is 24.6 Å². The van der Waals surface area contributed by atoms with Crippen LogP contribution in [0.25, 0.3) is 0 Å². The first kappa shape index (κ1) is 24.7. The van der Waals surface area contributed by atoms with E-state index in [4.69, 9.17) is 19.7 Å². The second kappa shape index (κ2) is 13.8. The van der Waals surface area contributed by atoms with E-state index in [1.54, 1.807) is 0 Å². The highest BCUT2D eigenvalue weighted by Gasteiger charge is 2.08. The fourth-order valence-corrected chi connectivity index (χ4v) is 2.47. The van der Waals surface area contributed by atoms with Gasteiger partial charge in [0.1, 0.15) is 6.61 Å². The number of benzene rings is 2. The lowest BCUT2D eigenvalue weighted by Gasteiger charge is -2.18. The van der Waals surface area contributed by atoms with Crippen LogP contribution in [0, 0.1) is 5.92 Å². The molecule has 2 aromatic rings. The average molecular weight is 415 g/mol. The Morgan fingerprint density at radius 3 is 1.90 bits per heavy atom. The van der Waals surface area contributed by atoms with Crippen molar-refractivity contribution in [3.63, 3.8) is 0 Å². The van der Waals surface area contributed by atoms with Crippen LogP contribution in [0.15, 0.2) is 66.7 Å². The van der Waals surface area contributed by atoms with Crippen molar-refractivity contribution in [1.82, 2.24) is 4.90 Å². The average Bonchev–Trinajstić information content (AvgIpc) is 2.70.